The molecule has 188 valence electrons. The first kappa shape index (κ1) is 26.1. The van der Waals surface area contributed by atoms with Crippen LogP contribution in [0.1, 0.15) is 39.2 Å². The molecule has 0 bridgehead atoms. The number of rotatable bonds is 9. The van der Waals surface area contributed by atoms with Crippen LogP contribution < -0.4 is 19.1 Å². The van der Waals surface area contributed by atoms with E-state index < -0.39 is 11.9 Å². The molecule has 8 heteroatoms. The van der Waals surface area contributed by atoms with Crippen molar-refractivity contribution >= 4 is 23.4 Å². The highest BCUT2D eigenvalue weighted by atomic mass is 16.5. The Kier molecular flexibility index (Phi) is 8.04. The molecule has 1 unspecified atom stereocenters. The van der Waals surface area contributed by atoms with Crippen molar-refractivity contribution < 1.29 is 28.6 Å². The number of carbonyl (C=O) groups excluding carboxylic acids is 3. The summed E-state index contributed by atoms with van der Waals surface area (Å²) in [6.07, 6.45) is 0.711. The maximum absolute atomic E-state index is 13.4. The lowest BCUT2D eigenvalue weighted by molar-refractivity contribution is -0.139. The number of nitrogens with zero attached hydrogens (tertiary/aromatic N) is 2. The average molecular weight is 483 g/mol. The van der Waals surface area contributed by atoms with Gasteiger partial charge in [-0.05, 0) is 53.8 Å². The third-order valence-corrected chi connectivity index (χ3v) is 5.92. The predicted molar refractivity (Wildman–Crippen MR) is 133 cm³/mol. The summed E-state index contributed by atoms with van der Waals surface area (Å²) >= 11 is 0. The number of ether oxygens (including phenoxy) is 3. The Labute approximate surface area is 206 Å². The summed E-state index contributed by atoms with van der Waals surface area (Å²) in [5, 5.41) is 0. The second-order valence-corrected chi connectivity index (χ2v) is 9.75. The molecule has 0 radical (unpaired) electrons. The van der Waals surface area contributed by atoms with Crippen molar-refractivity contribution in [1.29, 1.82) is 0 Å². The van der Waals surface area contributed by atoms with Crippen LogP contribution in [0.4, 0.5) is 5.69 Å². The molecule has 1 saturated heterocycles. The zero-order valence-electron chi connectivity index (χ0n) is 21.3. The summed E-state index contributed by atoms with van der Waals surface area (Å²) in [6.45, 7) is 6.22. The molecular formula is C27H34N2O6. The van der Waals surface area contributed by atoms with Gasteiger partial charge in [-0.15, -0.1) is 0 Å². The van der Waals surface area contributed by atoms with Gasteiger partial charge in [-0.3, -0.25) is 14.4 Å². The maximum Gasteiger partial charge on any atom is 0.257 e. The molecule has 2 aromatic rings. The van der Waals surface area contributed by atoms with Gasteiger partial charge in [-0.1, -0.05) is 26.8 Å². The van der Waals surface area contributed by atoms with E-state index >= 15 is 0 Å². The minimum absolute atomic E-state index is 0.0489. The zero-order valence-corrected chi connectivity index (χ0v) is 21.3. The fourth-order valence-electron chi connectivity index (χ4n) is 4.16. The molecule has 0 N–H and O–H groups in total. The van der Waals surface area contributed by atoms with Gasteiger partial charge in [0.05, 0.1) is 33.4 Å². The molecule has 3 rings (SSSR count). The van der Waals surface area contributed by atoms with E-state index in [1.54, 1.807) is 50.5 Å². The minimum Gasteiger partial charge on any atom is -0.497 e. The summed E-state index contributed by atoms with van der Waals surface area (Å²) in [5.74, 6) is 0.959. The van der Waals surface area contributed by atoms with Gasteiger partial charge in [-0.25, -0.2) is 4.90 Å². The molecule has 0 aliphatic carbocycles. The van der Waals surface area contributed by atoms with E-state index in [0.717, 1.165) is 10.5 Å². The van der Waals surface area contributed by atoms with Crippen molar-refractivity contribution in [2.24, 2.45) is 5.41 Å². The number of methoxy groups -OCH3 is 3. The Bertz CT molecular complexity index is 1070. The molecule has 8 nitrogen and oxygen atoms in total. The van der Waals surface area contributed by atoms with Gasteiger partial charge in [0, 0.05) is 13.0 Å². The van der Waals surface area contributed by atoms with Crippen molar-refractivity contribution in [2.75, 3.05) is 32.8 Å². The SMILES string of the molecule is COc1ccc(N2C(=O)CC(N(CCc3ccc(OC)c(OC)c3)C(=O)CC(C)(C)C)C2=O)cc1. The number of imide groups is 1. The summed E-state index contributed by atoms with van der Waals surface area (Å²) in [6, 6.07) is 11.5. The van der Waals surface area contributed by atoms with Gasteiger partial charge in [0.15, 0.2) is 11.5 Å². The standard InChI is InChI=1S/C27H34N2O6/c1-27(2,3)17-25(31)28(14-13-18-7-12-22(34-5)23(15-18)35-6)21-16-24(30)29(26(21)32)19-8-10-20(33-4)11-9-19/h7-12,15,21H,13-14,16-17H2,1-6H3. The topological polar surface area (TPSA) is 85.4 Å². The van der Waals surface area contributed by atoms with Crippen LogP contribution in [0.2, 0.25) is 0 Å². The summed E-state index contributed by atoms with van der Waals surface area (Å²) in [7, 11) is 4.69. The molecule has 0 spiro atoms. The van der Waals surface area contributed by atoms with Crippen LogP contribution in [0.5, 0.6) is 17.2 Å². The number of anilines is 1. The number of carbonyl (C=O) groups is 3. The predicted octanol–water partition coefficient (Wildman–Crippen LogP) is 3.85. The van der Waals surface area contributed by atoms with Crippen molar-refractivity contribution in [2.45, 2.75) is 46.1 Å². The number of benzene rings is 2. The van der Waals surface area contributed by atoms with Crippen molar-refractivity contribution in [3.63, 3.8) is 0 Å². The lowest BCUT2D eigenvalue weighted by Crippen LogP contribution is -2.47. The Morgan fingerprint density at radius 2 is 1.63 bits per heavy atom. The molecule has 0 aromatic heterocycles. The first-order valence-electron chi connectivity index (χ1n) is 11.6. The molecule has 2 aromatic carbocycles. The largest absolute Gasteiger partial charge is 0.497 e. The van der Waals surface area contributed by atoms with E-state index in [1.807, 2.05) is 39.0 Å². The fraction of sp³-hybridized carbons (Fsp3) is 0.444. The maximum atomic E-state index is 13.4. The summed E-state index contributed by atoms with van der Waals surface area (Å²) < 4.78 is 15.9. The van der Waals surface area contributed by atoms with Crippen LogP contribution in [-0.4, -0.2) is 56.5 Å². The van der Waals surface area contributed by atoms with Gasteiger partial charge in [0.25, 0.3) is 5.91 Å². The molecule has 1 fully saturated rings. The lowest BCUT2D eigenvalue weighted by atomic mass is 9.91. The molecule has 35 heavy (non-hydrogen) atoms. The van der Waals surface area contributed by atoms with E-state index in [2.05, 4.69) is 0 Å². The third-order valence-electron chi connectivity index (χ3n) is 5.92. The average Bonchev–Trinajstić information content (AvgIpc) is 3.11. The molecule has 1 heterocycles. The molecule has 1 atom stereocenters. The number of hydrogen-bond donors (Lipinski definition) is 0. The Morgan fingerprint density at radius 3 is 2.20 bits per heavy atom. The minimum atomic E-state index is -0.848. The van der Waals surface area contributed by atoms with Crippen LogP contribution in [-0.2, 0) is 20.8 Å². The van der Waals surface area contributed by atoms with Crippen molar-refractivity contribution in [3.8, 4) is 17.2 Å². The second-order valence-electron chi connectivity index (χ2n) is 9.75. The van der Waals surface area contributed by atoms with Gasteiger partial charge in [-0.2, -0.15) is 0 Å². The molecule has 1 aliphatic rings. The first-order valence-corrected chi connectivity index (χ1v) is 11.6. The van der Waals surface area contributed by atoms with Gasteiger partial charge in [0.2, 0.25) is 11.8 Å². The zero-order chi connectivity index (χ0) is 25.8. The molecule has 0 saturated carbocycles. The number of amides is 3. The van der Waals surface area contributed by atoms with Crippen LogP contribution in [0.3, 0.4) is 0 Å². The van der Waals surface area contributed by atoms with Crippen LogP contribution in [0.25, 0.3) is 0 Å². The van der Waals surface area contributed by atoms with Crippen molar-refractivity contribution in [3.05, 3.63) is 48.0 Å². The summed E-state index contributed by atoms with van der Waals surface area (Å²) in [4.78, 5) is 42.4. The molecule has 1 aliphatic heterocycles. The summed E-state index contributed by atoms with van der Waals surface area (Å²) in [5.41, 5.74) is 1.13. The Morgan fingerprint density at radius 1 is 0.971 bits per heavy atom. The van der Waals surface area contributed by atoms with Crippen molar-refractivity contribution in [1.82, 2.24) is 4.90 Å². The van der Waals surface area contributed by atoms with E-state index in [0.29, 0.717) is 35.9 Å². The highest BCUT2D eigenvalue weighted by Crippen LogP contribution is 2.31. The fourth-order valence-corrected chi connectivity index (χ4v) is 4.16. The molecular weight excluding hydrogens is 448 g/mol. The Balaban J connectivity index is 1.85. The highest BCUT2D eigenvalue weighted by Gasteiger charge is 2.44. The first-order chi connectivity index (χ1) is 16.6. The van der Waals surface area contributed by atoms with Crippen LogP contribution >= 0.6 is 0 Å². The highest BCUT2D eigenvalue weighted by molar-refractivity contribution is 6.23. The third kappa shape index (κ3) is 6.12. The van der Waals surface area contributed by atoms with Gasteiger partial charge >= 0.3 is 0 Å². The monoisotopic (exact) mass is 482 g/mol. The van der Waals surface area contributed by atoms with E-state index in [4.69, 9.17) is 14.2 Å². The van der Waals surface area contributed by atoms with E-state index in [-0.39, 0.29) is 30.1 Å². The smallest absolute Gasteiger partial charge is 0.257 e. The van der Waals surface area contributed by atoms with E-state index in [1.165, 1.54) is 0 Å². The normalized spacial score (nSPS) is 15.8. The quantitative estimate of drug-likeness (QED) is 0.505. The second kappa shape index (κ2) is 10.8. The lowest BCUT2D eigenvalue weighted by Gasteiger charge is -2.30. The van der Waals surface area contributed by atoms with Gasteiger partial charge in [0.1, 0.15) is 11.8 Å². The molecule has 3 amide bonds. The number of hydrogen-bond acceptors (Lipinski definition) is 6. The van der Waals surface area contributed by atoms with E-state index in [9.17, 15) is 14.4 Å². The van der Waals surface area contributed by atoms with Gasteiger partial charge < -0.3 is 19.1 Å². The van der Waals surface area contributed by atoms with Crippen LogP contribution in [0, 0.1) is 5.41 Å². The Hall–Kier alpha value is -3.55. The van der Waals surface area contributed by atoms with Crippen LogP contribution in [0.15, 0.2) is 42.5 Å².